The Balaban J connectivity index is 2.28. The normalized spacial score (nSPS) is 9.55. The van der Waals surface area contributed by atoms with Gasteiger partial charge in [0.05, 0.1) is 5.69 Å². The number of benzene rings is 1. The molecule has 59 valence electrons. The van der Waals surface area contributed by atoms with Crippen LogP contribution in [0.3, 0.4) is 0 Å². The number of unbranched alkanes of at least 4 members (excludes halogenated alkanes) is 1. The third kappa shape index (κ3) is 3.08. The Morgan fingerprint density at radius 1 is 1.18 bits per heavy atom. The molecule has 0 amide bonds. The summed E-state index contributed by atoms with van der Waals surface area (Å²) in [6.45, 7) is 3.14. The maximum Gasteiger partial charge on any atom is 0.0574 e. The van der Waals surface area contributed by atoms with Crippen LogP contribution >= 0.6 is 0 Å². The molecule has 0 aliphatic rings. The lowest BCUT2D eigenvalue weighted by molar-refractivity contribution is 0.732. The smallest absolute Gasteiger partial charge is 0.0574 e. The maximum atomic E-state index is 4.40. The highest BCUT2D eigenvalue weighted by atomic mass is 14.9. The van der Waals surface area contributed by atoms with E-state index in [0.717, 1.165) is 12.2 Å². The van der Waals surface area contributed by atoms with Crippen molar-refractivity contribution in [1.82, 2.24) is 5.32 Å². The van der Waals surface area contributed by atoms with Crippen molar-refractivity contribution in [3.05, 3.63) is 30.3 Å². The molecule has 11 heavy (non-hydrogen) atoms. The maximum absolute atomic E-state index is 4.40. The molecule has 0 atom stereocenters. The Morgan fingerprint density at radius 2 is 1.91 bits per heavy atom. The first-order valence-corrected chi connectivity index (χ1v) is 4.16. The molecule has 0 saturated carbocycles. The van der Waals surface area contributed by atoms with Gasteiger partial charge in [-0.1, -0.05) is 31.5 Å². The van der Waals surface area contributed by atoms with Gasteiger partial charge in [0.1, 0.15) is 0 Å². The van der Waals surface area contributed by atoms with Gasteiger partial charge >= 0.3 is 0 Å². The molecule has 1 rings (SSSR count). The zero-order valence-electron chi connectivity index (χ0n) is 6.96. The molecule has 1 aromatic carbocycles. The van der Waals surface area contributed by atoms with Crippen LogP contribution in [0.1, 0.15) is 19.8 Å². The van der Waals surface area contributed by atoms with Crippen LogP contribution in [0.4, 0.5) is 5.69 Å². The van der Waals surface area contributed by atoms with Crippen LogP contribution < -0.4 is 5.32 Å². The summed E-state index contributed by atoms with van der Waals surface area (Å²) in [7, 11) is 0. The van der Waals surface area contributed by atoms with Crippen LogP contribution in [0.15, 0.2) is 30.3 Å². The van der Waals surface area contributed by atoms with E-state index in [-0.39, 0.29) is 0 Å². The second-order valence-corrected chi connectivity index (χ2v) is 2.57. The van der Waals surface area contributed by atoms with E-state index in [1.807, 2.05) is 30.3 Å². The molecule has 0 bridgehead atoms. The van der Waals surface area contributed by atoms with Crippen molar-refractivity contribution >= 4 is 5.69 Å². The fourth-order valence-corrected chi connectivity index (χ4v) is 0.900. The number of nitrogens with zero attached hydrogens (tertiary/aromatic N) is 1. The second-order valence-electron chi connectivity index (χ2n) is 2.57. The Bertz CT molecular complexity index is 181. The molecular weight excluding hydrogens is 134 g/mol. The molecule has 1 radical (unpaired) electrons. The van der Waals surface area contributed by atoms with Gasteiger partial charge in [0, 0.05) is 6.54 Å². The summed E-state index contributed by atoms with van der Waals surface area (Å²) in [5.41, 5.74) is 1.10. The highest BCUT2D eigenvalue weighted by Gasteiger charge is 1.88. The van der Waals surface area contributed by atoms with Gasteiger partial charge in [-0.2, -0.15) is 0 Å². The molecule has 1 nitrogen and oxygen atoms in total. The molecule has 1 aromatic rings. The molecule has 0 spiro atoms. The number of hydrogen-bond acceptors (Lipinski definition) is 0. The SMILES string of the molecule is CCCC[N]c1ccccc1. The summed E-state index contributed by atoms with van der Waals surface area (Å²) < 4.78 is 0. The molecule has 0 unspecified atom stereocenters. The summed E-state index contributed by atoms with van der Waals surface area (Å²) in [5, 5.41) is 4.40. The van der Waals surface area contributed by atoms with Crippen LogP contribution in [-0.4, -0.2) is 6.54 Å². The minimum absolute atomic E-state index is 0.959. The van der Waals surface area contributed by atoms with Crippen molar-refractivity contribution in [3.8, 4) is 0 Å². The molecule has 1 heteroatoms. The summed E-state index contributed by atoms with van der Waals surface area (Å²) in [6.07, 6.45) is 2.41. The third-order valence-electron chi connectivity index (χ3n) is 1.56. The zero-order valence-corrected chi connectivity index (χ0v) is 6.96. The van der Waals surface area contributed by atoms with Crippen molar-refractivity contribution in [2.24, 2.45) is 0 Å². The first-order valence-electron chi connectivity index (χ1n) is 4.16. The Kier molecular flexibility index (Phi) is 3.53. The molecule has 0 N–H and O–H groups in total. The molecule has 0 aliphatic heterocycles. The van der Waals surface area contributed by atoms with E-state index >= 15 is 0 Å². The Labute approximate surface area is 68.4 Å². The number of para-hydroxylation sites is 1. The summed E-state index contributed by atoms with van der Waals surface area (Å²) in [5.74, 6) is 0. The predicted octanol–water partition coefficient (Wildman–Crippen LogP) is 2.72. The predicted molar refractivity (Wildman–Crippen MR) is 48.0 cm³/mol. The topological polar surface area (TPSA) is 14.1 Å². The molecular formula is C10H14N. The van der Waals surface area contributed by atoms with Crippen LogP contribution in [0.2, 0.25) is 0 Å². The van der Waals surface area contributed by atoms with Crippen LogP contribution in [-0.2, 0) is 0 Å². The lowest BCUT2D eigenvalue weighted by Gasteiger charge is -1.99. The fourth-order valence-electron chi connectivity index (χ4n) is 0.900. The van der Waals surface area contributed by atoms with Crippen molar-refractivity contribution < 1.29 is 0 Å². The fraction of sp³-hybridized carbons (Fsp3) is 0.400. The van der Waals surface area contributed by atoms with E-state index in [1.165, 1.54) is 12.8 Å². The highest BCUT2D eigenvalue weighted by molar-refractivity contribution is 5.34. The minimum Gasteiger partial charge on any atom is -0.285 e. The van der Waals surface area contributed by atoms with Crippen molar-refractivity contribution in [2.45, 2.75) is 19.8 Å². The van der Waals surface area contributed by atoms with Gasteiger partial charge in [0.15, 0.2) is 0 Å². The van der Waals surface area contributed by atoms with Crippen molar-refractivity contribution in [3.63, 3.8) is 0 Å². The first-order chi connectivity index (χ1) is 5.43. The number of rotatable bonds is 4. The number of hydrogen-bond donors (Lipinski definition) is 0. The first kappa shape index (κ1) is 8.12. The monoisotopic (exact) mass is 148 g/mol. The van der Waals surface area contributed by atoms with E-state index in [1.54, 1.807) is 0 Å². The van der Waals surface area contributed by atoms with E-state index in [0.29, 0.717) is 0 Å². The molecule has 0 heterocycles. The third-order valence-corrected chi connectivity index (χ3v) is 1.56. The zero-order chi connectivity index (χ0) is 7.94. The quantitative estimate of drug-likeness (QED) is 0.583. The summed E-state index contributed by atoms with van der Waals surface area (Å²) in [6, 6.07) is 10.1. The minimum atomic E-state index is 0.959. The van der Waals surface area contributed by atoms with E-state index in [2.05, 4.69) is 12.2 Å². The lowest BCUT2D eigenvalue weighted by atomic mass is 10.3. The van der Waals surface area contributed by atoms with Gasteiger partial charge < -0.3 is 0 Å². The second kappa shape index (κ2) is 4.78. The summed E-state index contributed by atoms with van der Waals surface area (Å²) >= 11 is 0. The average molecular weight is 148 g/mol. The van der Waals surface area contributed by atoms with Gasteiger partial charge in [-0.3, -0.25) is 5.32 Å². The van der Waals surface area contributed by atoms with Gasteiger partial charge in [-0.25, -0.2) is 0 Å². The van der Waals surface area contributed by atoms with Crippen LogP contribution in [0, 0.1) is 0 Å². The van der Waals surface area contributed by atoms with E-state index in [4.69, 9.17) is 0 Å². The highest BCUT2D eigenvalue weighted by Crippen LogP contribution is 2.04. The molecule has 0 aliphatic carbocycles. The molecule has 0 aromatic heterocycles. The molecule has 0 saturated heterocycles. The van der Waals surface area contributed by atoms with Crippen LogP contribution in [0.5, 0.6) is 0 Å². The Hall–Kier alpha value is -0.980. The van der Waals surface area contributed by atoms with Gasteiger partial charge in [0.25, 0.3) is 0 Å². The largest absolute Gasteiger partial charge is 0.285 e. The van der Waals surface area contributed by atoms with Gasteiger partial charge in [-0.05, 0) is 18.6 Å². The van der Waals surface area contributed by atoms with Crippen molar-refractivity contribution in [2.75, 3.05) is 6.54 Å². The Morgan fingerprint density at radius 3 is 2.55 bits per heavy atom. The molecule has 0 fully saturated rings. The summed E-state index contributed by atoms with van der Waals surface area (Å²) in [4.78, 5) is 0. The standard InChI is InChI=1S/C10H14N/c1-2-3-9-11-10-7-5-4-6-8-10/h4-8H,2-3,9H2,1H3. The van der Waals surface area contributed by atoms with Crippen LogP contribution in [0.25, 0.3) is 0 Å². The van der Waals surface area contributed by atoms with Gasteiger partial charge in [0.2, 0.25) is 0 Å². The van der Waals surface area contributed by atoms with E-state index in [9.17, 15) is 0 Å². The van der Waals surface area contributed by atoms with Gasteiger partial charge in [-0.15, -0.1) is 0 Å². The average Bonchev–Trinajstić information content (AvgIpc) is 2.07. The lowest BCUT2D eigenvalue weighted by Crippen LogP contribution is -1.98. The van der Waals surface area contributed by atoms with Crippen molar-refractivity contribution in [1.29, 1.82) is 0 Å². The van der Waals surface area contributed by atoms with E-state index < -0.39 is 0 Å².